The molecule has 0 saturated carbocycles. The third kappa shape index (κ3) is 2.11. The highest BCUT2D eigenvalue weighted by Crippen LogP contribution is 2.38. The first-order chi connectivity index (χ1) is 9.89. The molecule has 0 unspecified atom stereocenters. The van der Waals surface area contributed by atoms with Crippen LogP contribution in [0.2, 0.25) is 0 Å². The van der Waals surface area contributed by atoms with E-state index in [0.717, 1.165) is 12.1 Å². The van der Waals surface area contributed by atoms with Gasteiger partial charge in [0.25, 0.3) is 5.91 Å². The molecule has 1 amide bonds. The Labute approximate surface area is 119 Å². The molecule has 2 aromatic carbocycles. The molecule has 0 fully saturated rings. The monoisotopic (exact) mass is 289 g/mol. The lowest BCUT2D eigenvalue weighted by Gasteiger charge is -2.19. The normalized spacial score (nSPS) is 14.5. The van der Waals surface area contributed by atoms with Gasteiger partial charge in [-0.05, 0) is 24.3 Å². The quantitative estimate of drug-likeness (QED) is 0.765. The fourth-order valence-electron chi connectivity index (χ4n) is 2.38. The number of hydrogen-bond donors (Lipinski definition) is 0. The van der Waals surface area contributed by atoms with E-state index in [9.17, 15) is 18.0 Å². The standard InChI is InChI=1S/C16H10F3NO/c1-10-13-7-2-3-8-14(13)15(21)20(10)12-6-4-5-11(9-12)16(17,18)19/h2-9H,1H2. The highest BCUT2D eigenvalue weighted by molar-refractivity contribution is 6.22. The van der Waals surface area contributed by atoms with Crippen LogP contribution in [-0.2, 0) is 6.18 Å². The molecule has 0 bridgehead atoms. The average Bonchev–Trinajstić information content (AvgIpc) is 2.71. The first kappa shape index (κ1) is 13.4. The van der Waals surface area contributed by atoms with Crippen molar-refractivity contribution in [1.82, 2.24) is 0 Å². The van der Waals surface area contributed by atoms with E-state index in [1.165, 1.54) is 17.0 Å². The molecule has 3 rings (SSSR count). The minimum atomic E-state index is -4.45. The van der Waals surface area contributed by atoms with Gasteiger partial charge >= 0.3 is 6.18 Å². The van der Waals surface area contributed by atoms with Gasteiger partial charge in [0.05, 0.1) is 11.3 Å². The molecule has 1 aliphatic rings. The van der Waals surface area contributed by atoms with Crippen molar-refractivity contribution in [2.45, 2.75) is 6.18 Å². The topological polar surface area (TPSA) is 20.3 Å². The molecule has 1 heterocycles. The second-order valence-electron chi connectivity index (χ2n) is 4.68. The zero-order valence-corrected chi connectivity index (χ0v) is 10.8. The summed E-state index contributed by atoms with van der Waals surface area (Å²) < 4.78 is 38.4. The number of nitrogens with zero attached hydrogens (tertiary/aromatic N) is 1. The number of rotatable bonds is 1. The van der Waals surface area contributed by atoms with Crippen LogP contribution >= 0.6 is 0 Å². The number of carbonyl (C=O) groups is 1. The van der Waals surface area contributed by atoms with E-state index in [1.807, 2.05) is 0 Å². The molecule has 2 aromatic rings. The van der Waals surface area contributed by atoms with Gasteiger partial charge in [-0.2, -0.15) is 13.2 Å². The molecule has 0 atom stereocenters. The molecule has 0 radical (unpaired) electrons. The van der Waals surface area contributed by atoms with Gasteiger partial charge in [0.2, 0.25) is 0 Å². The first-order valence-electron chi connectivity index (χ1n) is 6.19. The number of anilines is 1. The van der Waals surface area contributed by atoms with E-state index >= 15 is 0 Å². The number of halogens is 3. The molecule has 0 aromatic heterocycles. The van der Waals surface area contributed by atoms with Crippen LogP contribution in [0, 0.1) is 0 Å². The van der Waals surface area contributed by atoms with Crippen LogP contribution in [0.5, 0.6) is 0 Å². The van der Waals surface area contributed by atoms with Crippen molar-refractivity contribution < 1.29 is 18.0 Å². The minimum Gasteiger partial charge on any atom is -0.277 e. The SMILES string of the molecule is C=C1c2ccccc2C(=O)N1c1cccc(C(F)(F)F)c1. The molecule has 0 spiro atoms. The maximum atomic E-state index is 12.8. The largest absolute Gasteiger partial charge is 0.416 e. The van der Waals surface area contributed by atoms with Crippen molar-refractivity contribution in [3.8, 4) is 0 Å². The van der Waals surface area contributed by atoms with Crippen molar-refractivity contribution >= 4 is 17.3 Å². The number of fused-ring (bicyclic) bond motifs is 1. The maximum Gasteiger partial charge on any atom is 0.416 e. The molecule has 21 heavy (non-hydrogen) atoms. The number of hydrogen-bond acceptors (Lipinski definition) is 1. The van der Waals surface area contributed by atoms with Crippen molar-refractivity contribution in [3.63, 3.8) is 0 Å². The van der Waals surface area contributed by atoms with E-state index in [0.29, 0.717) is 16.8 Å². The zero-order valence-electron chi connectivity index (χ0n) is 10.8. The number of amides is 1. The number of benzene rings is 2. The summed E-state index contributed by atoms with van der Waals surface area (Å²) in [4.78, 5) is 13.6. The van der Waals surface area contributed by atoms with Crippen LogP contribution in [0.15, 0.2) is 55.1 Å². The van der Waals surface area contributed by atoms with Crippen LogP contribution in [0.4, 0.5) is 18.9 Å². The Balaban J connectivity index is 2.08. The Morgan fingerprint density at radius 1 is 0.952 bits per heavy atom. The fraction of sp³-hybridized carbons (Fsp3) is 0.0625. The van der Waals surface area contributed by atoms with Gasteiger partial charge in [-0.25, -0.2) is 0 Å². The zero-order chi connectivity index (χ0) is 15.2. The van der Waals surface area contributed by atoms with Gasteiger partial charge < -0.3 is 0 Å². The predicted octanol–water partition coefficient (Wildman–Crippen LogP) is 4.34. The van der Waals surface area contributed by atoms with E-state index in [-0.39, 0.29) is 11.6 Å². The Kier molecular flexibility index (Phi) is 2.86. The lowest BCUT2D eigenvalue weighted by atomic mass is 10.1. The molecule has 106 valence electrons. The lowest BCUT2D eigenvalue weighted by Crippen LogP contribution is -2.22. The summed E-state index contributed by atoms with van der Waals surface area (Å²) in [6, 6.07) is 11.5. The predicted molar refractivity (Wildman–Crippen MR) is 73.7 cm³/mol. The third-order valence-electron chi connectivity index (χ3n) is 3.37. The second kappa shape index (κ2) is 4.48. The Hall–Kier alpha value is -2.56. The summed E-state index contributed by atoms with van der Waals surface area (Å²) in [6.07, 6.45) is -4.45. The van der Waals surface area contributed by atoms with Gasteiger partial charge in [-0.3, -0.25) is 9.69 Å². The summed E-state index contributed by atoms with van der Waals surface area (Å²) in [5.74, 6) is -0.366. The van der Waals surface area contributed by atoms with Crippen LogP contribution in [0.1, 0.15) is 21.5 Å². The molecular formula is C16H10F3NO. The fourth-order valence-corrected chi connectivity index (χ4v) is 2.38. The van der Waals surface area contributed by atoms with Crippen molar-refractivity contribution in [2.75, 3.05) is 4.90 Å². The van der Waals surface area contributed by atoms with E-state index in [1.54, 1.807) is 24.3 Å². The Morgan fingerprint density at radius 3 is 2.24 bits per heavy atom. The van der Waals surface area contributed by atoms with Crippen molar-refractivity contribution in [2.24, 2.45) is 0 Å². The van der Waals surface area contributed by atoms with Gasteiger partial charge in [-0.15, -0.1) is 0 Å². The summed E-state index contributed by atoms with van der Waals surface area (Å²) in [7, 11) is 0. The second-order valence-corrected chi connectivity index (χ2v) is 4.68. The molecule has 0 N–H and O–H groups in total. The van der Waals surface area contributed by atoms with Crippen LogP contribution in [0.3, 0.4) is 0 Å². The van der Waals surface area contributed by atoms with E-state index in [4.69, 9.17) is 0 Å². The maximum absolute atomic E-state index is 12.8. The number of carbonyl (C=O) groups excluding carboxylic acids is 1. The summed E-state index contributed by atoms with van der Waals surface area (Å²) in [6.45, 7) is 3.82. The molecule has 0 aliphatic carbocycles. The van der Waals surface area contributed by atoms with Crippen LogP contribution in [0.25, 0.3) is 5.70 Å². The molecular weight excluding hydrogens is 279 g/mol. The van der Waals surface area contributed by atoms with Crippen molar-refractivity contribution in [3.05, 3.63) is 71.8 Å². The van der Waals surface area contributed by atoms with Crippen LogP contribution < -0.4 is 4.90 Å². The summed E-state index contributed by atoms with van der Waals surface area (Å²) in [5, 5.41) is 0. The molecule has 1 aliphatic heterocycles. The van der Waals surface area contributed by atoms with E-state index < -0.39 is 11.7 Å². The van der Waals surface area contributed by atoms with Gasteiger partial charge in [-0.1, -0.05) is 30.8 Å². The van der Waals surface area contributed by atoms with Gasteiger partial charge in [0, 0.05) is 16.8 Å². The smallest absolute Gasteiger partial charge is 0.277 e. The van der Waals surface area contributed by atoms with Crippen LogP contribution in [-0.4, -0.2) is 5.91 Å². The van der Waals surface area contributed by atoms with E-state index in [2.05, 4.69) is 6.58 Å². The molecule has 0 saturated heterocycles. The third-order valence-corrected chi connectivity index (χ3v) is 3.37. The molecule has 5 heteroatoms. The van der Waals surface area contributed by atoms with Gasteiger partial charge in [0.1, 0.15) is 0 Å². The van der Waals surface area contributed by atoms with Gasteiger partial charge in [0.15, 0.2) is 0 Å². The summed E-state index contributed by atoms with van der Waals surface area (Å²) in [5.41, 5.74) is 0.835. The average molecular weight is 289 g/mol. The Morgan fingerprint density at radius 2 is 1.62 bits per heavy atom. The van der Waals surface area contributed by atoms with Crippen molar-refractivity contribution in [1.29, 1.82) is 0 Å². The minimum absolute atomic E-state index is 0.163. The lowest BCUT2D eigenvalue weighted by molar-refractivity contribution is -0.137. The number of alkyl halides is 3. The highest BCUT2D eigenvalue weighted by atomic mass is 19.4. The molecule has 2 nitrogen and oxygen atoms in total. The summed E-state index contributed by atoms with van der Waals surface area (Å²) >= 11 is 0. The highest BCUT2D eigenvalue weighted by Gasteiger charge is 2.34. The first-order valence-corrected chi connectivity index (χ1v) is 6.19. The Bertz CT molecular complexity index is 714.